The fourth-order valence-electron chi connectivity index (χ4n) is 2.49. The quantitative estimate of drug-likeness (QED) is 0.518. The summed E-state index contributed by atoms with van der Waals surface area (Å²) in [5, 5.41) is -0.328. The third-order valence-corrected chi connectivity index (χ3v) is 5.18. The van der Waals surface area contributed by atoms with E-state index in [9.17, 15) is 19.2 Å². The largest absolute Gasteiger partial charge is 0.468 e. The Kier molecular flexibility index (Phi) is 6.09. The zero-order valence-electron chi connectivity index (χ0n) is 15.3. The Bertz CT molecular complexity index is 1040. The summed E-state index contributed by atoms with van der Waals surface area (Å²) in [5.74, 6) is -1.14. The Balaban J connectivity index is 1.84. The van der Waals surface area contributed by atoms with Crippen molar-refractivity contribution < 1.29 is 33.1 Å². The lowest BCUT2D eigenvalue weighted by Crippen LogP contribution is -2.34. The van der Waals surface area contributed by atoms with Crippen LogP contribution in [-0.4, -0.2) is 48.7 Å². The number of benzene rings is 1. The fourth-order valence-corrected chi connectivity index (χ4v) is 3.50. The molecular formula is C19H14ClNO7S. The Morgan fingerprint density at radius 1 is 1.17 bits per heavy atom. The van der Waals surface area contributed by atoms with E-state index in [2.05, 4.69) is 4.74 Å². The van der Waals surface area contributed by atoms with Gasteiger partial charge < -0.3 is 13.9 Å². The van der Waals surface area contributed by atoms with Gasteiger partial charge in [0.1, 0.15) is 18.1 Å². The Hall–Kier alpha value is -3.04. The summed E-state index contributed by atoms with van der Waals surface area (Å²) < 4.78 is 14.9. The molecule has 1 aliphatic rings. The van der Waals surface area contributed by atoms with E-state index in [4.69, 9.17) is 20.8 Å². The van der Waals surface area contributed by atoms with Crippen molar-refractivity contribution in [2.24, 2.45) is 0 Å². The molecule has 10 heteroatoms. The van der Waals surface area contributed by atoms with Gasteiger partial charge in [0.2, 0.25) is 0 Å². The molecule has 0 spiro atoms. The van der Waals surface area contributed by atoms with E-state index in [0.29, 0.717) is 28.8 Å². The van der Waals surface area contributed by atoms with Crippen LogP contribution in [0.25, 0.3) is 17.4 Å². The number of ether oxygens (including phenoxy) is 2. The number of thioether (sulfide) groups is 1. The number of carbonyl (C=O) groups excluding carboxylic acids is 4. The van der Waals surface area contributed by atoms with Gasteiger partial charge in [0.15, 0.2) is 0 Å². The molecule has 0 unspecified atom stereocenters. The van der Waals surface area contributed by atoms with Gasteiger partial charge in [-0.1, -0.05) is 11.6 Å². The number of nitrogens with zero attached hydrogens (tertiary/aromatic N) is 1. The Labute approximate surface area is 174 Å². The molecular weight excluding hydrogens is 422 g/mol. The number of hydrogen-bond donors (Lipinski definition) is 0. The van der Waals surface area contributed by atoms with E-state index in [1.165, 1.54) is 26.4 Å². The first-order chi connectivity index (χ1) is 13.8. The molecule has 1 aliphatic heterocycles. The van der Waals surface area contributed by atoms with Crippen LogP contribution in [-0.2, 0) is 19.1 Å². The van der Waals surface area contributed by atoms with Crippen LogP contribution in [0.15, 0.2) is 39.7 Å². The summed E-state index contributed by atoms with van der Waals surface area (Å²) in [6.45, 7) is -0.455. The first-order valence-electron chi connectivity index (χ1n) is 8.14. The SMILES string of the molecule is COC(=O)CN1C(=O)S/C(=C\c2ccc(-c3ccc(Cl)c(C(=O)OC)c3)o2)C1=O. The molecule has 0 radical (unpaired) electrons. The molecule has 3 rings (SSSR count). The number of imide groups is 1. The van der Waals surface area contributed by atoms with E-state index in [1.54, 1.807) is 24.3 Å². The number of amides is 2. The summed E-state index contributed by atoms with van der Waals surface area (Å²) in [4.78, 5) is 48.4. The highest BCUT2D eigenvalue weighted by Crippen LogP contribution is 2.33. The average molecular weight is 436 g/mol. The molecule has 0 bridgehead atoms. The molecule has 150 valence electrons. The third-order valence-electron chi connectivity index (χ3n) is 3.94. The van der Waals surface area contributed by atoms with Gasteiger partial charge in [-0.25, -0.2) is 4.79 Å². The molecule has 1 aromatic carbocycles. The fraction of sp³-hybridized carbons (Fsp3) is 0.158. The first kappa shape index (κ1) is 20.7. The summed E-state index contributed by atoms with van der Waals surface area (Å²) in [7, 11) is 2.42. The van der Waals surface area contributed by atoms with Crippen molar-refractivity contribution in [1.29, 1.82) is 0 Å². The van der Waals surface area contributed by atoms with Crippen molar-refractivity contribution in [2.45, 2.75) is 0 Å². The second kappa shape index (κ2) is 8.54. The normalized spacial score (nSPS) is 15.1. The van der Waals surface area contributed by atoms with Gasteiger partial charge >= 0.3 is 11.9 Å². The Morgan fingerprint density at radius 2 is 1.93 bits per heavy atom. The summed E-state index contributed by atoms with van der Waals surface area (Å²) in [6, 6.07) is 8.00. The molecule has 2 aromatic rings. The van der Waals surface area contributed by atoms with Gasteiger partial charge in [0.05, 0.1) is 29.7 Å². The Morgan fingerprint density at radius 3 is 2.62 bits per heavy atom. The maximum absolute atomic E-state index is 12.3. The number of furan rings is 1. The molecule has 2 heterocycles. The van der Waals surface area contributed by atoms with E-state index in [-0.39, 0.29) is 15.5 Å². The van der Waals surface area contributed by atoms with Gasteiger partial charge in [0.25, 0.3) is 11.1 Å². The van der Waals surface area contributed by atoms with Crippen LogP contribution in [0.3, 0.4) is 0 Å². The molecule has 0 atom stereocenters. The van der Waals surface area contributed by atoms with Crippen molar-refractivity contribution in [1.82, 2.24) is 4.90 Å². The van der Waals surface area contributed by atoms with Crippen LogP contribution >= 0.6 is 23.4 Å². The van der Waals surface area contributed by atoms with E-state index in [1.807, 2.05) is 0 Å². The average Bonchev–Trinajstić information content (AvgIpc) is 3.28. The minimum atomic E-state index is -0.696. The number of carbonyl (C=O) groups is 4. The number of halogens is 1. The summed E-state index contributed by atoms with van der Waals surface area (Å²) in [5.41, 5.74) is 0.766. The number of rotatable bonds is 5. The van der Waals surface area contributed by atoms with Gasteiger partial charge in [-0.2, -0.15) is 0 Å². The van der Waals surface area contributed by atoms with Crippen molar-refractivity contribution >= 4 is 52.5 Å². The highest BCUT2D eigenvalue weighted by atomic mass is 35.5. The highest BCUT2D eigenvalue weighted by Gasteiger charge is 2.36. The predicted octanol–water partition coefficient (Wildman–Crippen LogP) is 3.60. The molecule has 29 heavy (non-hydrogen) atoms. The van der Waals surface area contributed by atoms with Crippen molar-refractivity contribution in [3.05, 3.63) is 51.6 Å². The maximum atomic E-state index is 12.3. The monoisotopic (exact) mass is 435 g/mol. The van der Waals surface area contributed by atoms with Gasteiger partial charge in [0, 0.05) is 11.6 Å². The second-order valence-corrected chi connectivity index (χ2v) is 7.13. The summed E-state index contributed by atoms with van der Waals surface area (Å²) >= 11 is 6.71. The molecule has 0 aliphatic carbocycles. The lowest BCUT2D eigenvalue weighted by atomic mass is 10.1. The lowest BCUT2D eigenvalue weighted by molar-refractivity contribution is -0.143. The van der Waals surface area contributed by atoms with Gasteiger partial charge in [-0.15, -0.1) is 0 Å². The molecule has 2 amide bonds. The van der Waals surface area contributed by atoms with Crippen molar-refractivity contribution in [2.75, 3.05) is 20.8 Å². The van der Waals surface area contributed by atoms with Crippen LogP contribution in [0.2, 0.25) is 5.02 Å². The maximum Gasteiger partial charge on any atom is 0.339 e. The number of hydrogen-bond acceptors (Lipinski definition) is 8. The minimum Gasteiger partial charge on any atom is -0.468 e. The van der Waals surface area contributed by atoms with E-state index < -0.39 is 29.6 Å². The topological polar surface area (TPSA) is 103 Å². The van der Waals surface area contributed by atoms with Crippen LogP contribution in [0, 0.1) is 0 Å². The predicted molar refractivity (Wildman–Crippen MR) is 105 cm³/mol. The highest BCUT2D eigenvalue weighted by molar-refractivity contribution is 8.18. The zero-order chi connectivity index (χ0) is 21.1. The zero-order valence-corrected chi connectivity index (χ0v) is 16.8. The molecule has 1 fully saturated rings. The standard InChI is InChI=1S/C19H14ClNO7S/c1-26-16(22)9-21-17(23)15(29-19(21)25)8-11-4-6-14(28-11)10-3-5-13(20)12(7-10)18(24)27-2/h3-8H,9H2,1-2H3/b15-8-. The first-order valence-corrected chi connectivity index (χ1v) is 9.33. The summed E-state index contributed by atoms with van der Waals surface area (Å²) in [6.07, 6.45) is 1.41. The molecule has 1 saturated heterocycles. The number of esters is 2. The van der Waals surface area contributed by atoms with Crippen LogP contribution < -0.4 is 0 Å². The van der Waals surface area contributed by atoms with E-state index in [0.717, 1.165) is 4.90 Å². The minimum absolute atomic E-state index is 0.117. The van der Waals surface area contributed by atoms with Crippen molar-refractivity contribution in [3.63, 3.8) is 0 Å². The molecule has 0 N–H and O–H groups in total. The van der Waals surface area contributed by atoms with E-state index >= 15 is 0 Å². The third kappa shape index (κ3) is 4.36. The molecule has 0 saturated carbocycles. The van der Waals surface area contributed by atoms with Crippen LogP contribution in [0.1, 0.15) is 16.1 Å². The van der Waals surface area contributed by atoms with Crippen molar-refractivity contribution in [3.8, 4) is 11.3 Å². The second-order valence-electron chi connectivity index (χ2n) is 5.73. The lowest BCUT2D eigenvalue weighted by Gasteiger charge is -2.09. The van der Waals surface area contributed by atoms with Gasteiger partial charge in [-0.05, 0) is 42.1 Å². The van der Waals surface area contributed by atoms with Crippen LogP contribution in [0.5, 0.6) is 0 Å². The molecule has 8 nitrogen and oxygen atoms in total. The smallest absolute Gasteiger partial charge is 0.339 e. The van der Waals surface area contributed by atoms with Gasteiger partial charge in [-0.3, -0.25) is 19.3 Å². The molecule has 1 aromatic heterocycles. The van der Waals surface area contributed by atoms with Crippen LogP contribution in [0.4, 0.5) is 4.79 Å². The number of methoxy groups -OCH3 is 2.